The number of carbonyl (C=O) groups is 1. The smallest absolute Gasteiger partial charge is 0.319 e. The van der Waals surface area contributed by atoms with E-state index in [2.05, 4.69) is 25.5 Å². The SMILES string of the molecule is Cc1nc(CNC(=O)Nc2cccnc2N2CCCC2)cs1. The molecule has 3 heterocycles. The van der Waals surface area contributed by atoms with Crippen LogP contribution in [0, 0.1) is 6.92 Å². The average Bonchev–Trinajstić information content (AvgIpc) is 3.17. The van der Waals surface area contributed by atoms with Gasteiger partial charge in [0, 0.05) is 24.7 Å². The van der Waals surface area contributed by atoms with Crippen LogP contribution in [0.25, 0.3) is 0 Å². The number of hydrogen-bond donors (Lipinski definition) is 2. The van der Waals surface area contributed by atoms with Crippen LogP contribution in [0.2, 0.25) is 0 Å². The molecule has 0 radical (unpaired) electrons. The van der Waals surface area contributed by atoms with E-state index in [9.17, 15) is 4.79 Å². The van der Waals surface area contributed by atoms with Gasteiger partial charge in [-0.1, -0.05) is 0 Å². The molecule has 3 rings (SSSR count). The number of aryl methyl sites for hydroxylation is 1. The van der Waals surface area contributed by atoms with E-state index in [4.69, 9.17) is 0 Å². The van der Waals surface area contributed by atoms with Gasteiger partial charge in [-0.25, -0.2) is 14.8 Å². The molecule has 1 aliphatic rings. The van der Waals surface area contributed by atoms with Crippen molar-refractivity contribution >= 4 is 28.9 Å². The Kier molecular flexibility index (Phi) is 4.53. The Balaban J connectivity index is 1.61. The van der Waals surface area contributed by atoms with Crippen LogP contribution in [0.4, 0.5) is 16.3 Å². The monoisotopic (exact) mass is 317 g/mol. The third-order valence-electron chi connectivity index (χ3n) is 3.54. The van der Waals surface area contributed by atoms with Crippen molar-refractivity contribution in [2.75, 3.05) is 23.3 Å². The van der Waals surface area contributed by atoms with Gasteiger partial charge in [0.1, 0.15) is 0 Å². The molecule has 2 amide bonds. The van der Waals surface area contributed by atoms with E-state index in [0.717, 1.165) is 35.3 Å². The zero-order chi connectivity index (χ0) is 15.4. The number of amides is 2. The number of carbonyl (C=O) groups excluding carboxylic acids is 1. The van der Waals surface area contributed by atoms with Crippen molar-refractivity contribution in [3.8, 4) is 0 Å². The third kappa shape index (κ3) is 3.54. The Labute approximate surface area is 133 Å². The molecule has 0 saturated carbocycles. The Hall–Kier alpha value is -2.15. The molecular formula is C15H19N5OS. The summed E-state index contributed by atoms with van der Waals surface area (Å²) < 4.78 is 0. The first-order valence-corrected chi connectivity index (χ1v) is 8.26. The first-order valence-electron chi connectivity index (χ1n) is 7.38. The zero-order valence-corrected chi connectivity index (χ0v) is 13.3. The van der Waals surface area contributed by atoms with Crippen molar-refractivity contribution in [1.82, 2.24) is 15.3 Å². The maximum Gasteiger partial charge on any atom is 0.319 e. The highest BCUT2D eigenvalue weighted by Crippen LogP contribution is 2.25. The van der Waals surface area contributed by atoms with Crippen molar-refractivity contribution < 1.29 is 4.79 Å². The molecule has 1 aliphatic heterocycles. The summed E-state index contributed by atoms with van der Waals surface area (Å²) in [4.78, 5) is 23.0. The zero-order valence-electron chi connectivity index (χ0n) is 12.5. The Morgan fingerprint density at radius 1 is 1.41 bits per heavy atom. The number of urea groups is 1. The fourth-order valence-corrected chi connectivity index (χ4v) is 3.11. The highest BCUT2D eigenvalue weighted by molar-refractivity contribution is 7.09. The Bertz CT molecular complexity index is 651. The van der Waals surface area contributed by atoms with Crippen LogP contribution >= 0.6 is 11.3 Å². The highest BCUT2D eigenvalue weighted by atomic mass is 32.1. The number of thiazole rings is 1. The van der Waals surface area contributed by atoms with Crippen LogP contribution in [-0.2, 0) is 6.54 Å². The van der Waals surface area contributed by atoms with E-state index in [-0.39, 0.29) is 6.03 Å². The number of nitrogens with one attached hydrogen (secondary N) is 2. The molecule has 0 spiro atoms. The number of pyridine rings is 1. The summed E-state index contributed by atoms with van der Waals surface area (Å²) in [6.45, 7) is 4.36. The van der Waals surface area contributed by atoms with Gasteiger partial charge in [-0.05, 0) is 31.9 Å². The maximum absolute atomic E-state index is 12.1. The van der Waals surface area contributed by atoms with Crippen LogP contribution in [0.15, 0.2) is 23.7 Å². The highest BCUT2D eigenvalue weighted by Gasteiger charge is 2.17. The quantitative estimate of drug-likeness (QED) is 0.909. The van der Waals surface area contributed by atoms with Gasteiger partial charge < -0.3 is 15.5 Å². The fourth-order valence-electron chi connectivity index (χ4n) is 2.50. The number of hydrogen-bond acceptors (Lipinski definition) is 5. The average molecular weight is 317 g/mol. The summed E-state index contributed by atoms with van der Waals surface area (Å²) >= 11 is 1.58. The number of nitrogens with zero attached hydrogens (tertiary/aromatic N) is 3. The maximum atomic E-state index is 12.1. The summed E-state index contributed by atoms with van der Waals surface area (Å²) in [5.41, 5.74) is 1.62. The van der Waals surface area contributed by atoms with E-state index < -0.39 is 0 Å². The Morgan fingerprint density at radius 3 is 2.95 bits per heavy atom. The summed E-state index contributed by atoms with van der Waals surface area (Å²) in [7, 11) is 0. The molecule has 1 fully saturated rings. The van der Waals surface area contributed by atoms with Crippen LogP contribution < -0.4 is 15.5 Å². The second kappa shape index (κ2) is 6.74. The molecule has 1 saturated heterocycles. The third-order valence-corrected chi connectivity index (χ3v) is 4.36. The molecule has 6 nitrogen and oxygen atoms in total. The lowest BCUT2D eigenvalue weighted by molar-refractivity contribution is 0.251. The summed E-state index contributed by atoms with van der Waals surface area (Å²) in [5, 5.41) is 8.67. The molecule has 22 heavy (non-hydrogen) atoms. The van der Waals surface area contributed by atoms with Crippen LogP contribution in [0.3, 0.4) is 0 Å². The first-order chi connectivity index (χ1) is 10.7. The summed E-state index contributed by atoms with van der Waals surface area (Å²) in [6.07, 6.45) is 4.10. The molecule has 7 heteroatoms. The van der Waals surface area contributed by atoms with E-state index in [1.165, 1.54) is 12.8 Å². The standard InChI is InChI=1S/C15H19N5OS/c1-11-18-12(10-22-11)9-17-15(21)19-13-5-4-6-16-14(13)20-7-2-3-8-20/h4-6,10H,2-3,7-9H2,1H3,(H2,17,19,21). The molecule has 2 aromatic heterocycles. The molecule has 0 aliphatic carbocycles. The molecule has 0 bridgehead atoms. The first kappa shape index (κ1) is 14.8. The molecule has 2 aromatic rings. The second-order valence-electron chi connectivity index (χ2n) is 5.23. The van der Waals surface area contributed by atoms with Crippen LogP contribution in [-0.4, -0.2) is 29.1 Å². The predicted octanol–water partition coefficient (Wildman–Crippen LogP) is 2.77. The lowest BCUT2D eigenvalue weighted by Gasteiger charge is -2.20. The predicted molar refractivity (Wildman–Crippen MR) is 88.4 cm³/mol. The van der Waals surface area contributed by atoms with Gasteiger partial charge in [-0.15, -0.1) is 11.3 Å². The van der Waals surface area contributed by atoms with Gasteiger partial charge in [0.2, 0.25) is 0 Å². The lowest BCUT2D eigenvalue weighted by Crippen LogP contribution is -2.30. The summed E-state index contributed by atoms with van der Waals surface area (Å²) in [5.74, 6) is 0.847. The minimum absolute atomic E-state index is 0.237. The molecule has 0 unspecified atom stereocenters. The molecule has 0 atom stereocenters. The van der Waals surface area contributed by atoms with Gasteiger partial charge in [0.25, 0.3) is 0 Å². The van der Waals surface area contributed by atoms with Gasteiger partial charge in [0.05, 0.1) is 22.9 Å². The van der Waals surface area contributed by atoms with E-state index >= 15 is 0 Å². The number of aromatic nitrogens is 2. The van der Waals surface area contributed by atoms with E-state index in [1.807, 2.05) is 24.4 Å². The van der Waals surface area contributed by atoms with Crippen molar-refractivity contribution in [2.45, 2.75) is 26.3 Å². The topological polar surface area (TPSA) is 70.1 Å². The molecule has 2 N–H and O–H groups in total. The van der Waals surface area contributed by atoms with Crippen molar-refractivity contribution in [2.24, 2.45) is 0 Å². The fraction of sp³-hybridized carbons (Fsp3) is 0.400. The van der Waals surface area contributed by atoms with Gasteiger partial charge in [-0.3, -0.25) is 0 Å². The van der Waals surface area contributed by atoms with Crippen LogP contribution in [0.1, 0.15) is 23.5 Å². The Morgan fingerprint density at radius 2 is 2.23 bits per heavy atom. The van der Waals surface area contributed by atoms with E-state index in [0.29, 0.717) is 6.54 Å². The van der Waals surface area contributed by atoms with Crippen molar-refractivity contribution in [3.05, 3.63) is 34.4 Å². The van der Waals surface area contributed by atoms with Crippen LogP contribution in [0.5, 0.6) is 0 Å². The van der Waals surface area contributed by atoms with Gasteiger partial charge >= 0.3 is 6.03 Å². The van der Waals surface area contributed by atoms with Crippen molar-refractivity contribution in [1.29, 1.82) is 0 Å². The van der Waals surface area contributed by atoms with Gasteiger partial charge in [-0.2, -0.15) is 0 Å². The molecular weight excluding hydrogens is 298 g/mol. The normalized spacial score (nSPS) is 14.1. The largest absolute Gasteiger partial charge is 0.355 e. The number of anilines is 2. The summed E-state index contributed by atoms with van der Waals surface area (Å²) in [6, 6.07) is 3.48. The minimum atomic E-state index is -0.237. The number of rotatable bonds is 4. The van der Waals surface area contributed by atoms with Gasteiger partial charge in [0.15, 0.2) is 5.82 Å². The van der Waals surface area contributed by atoms with E-state index in [1.54, 1.807) is 17.5 Å². The molecule has 0 aromatic carbocycles. The second-order valence-corrected chi connectivity index (χ2v) is 6.30. The minimum Gasteiger partial charge on any atom is -0.355 e. The lowest BCUT2D eigenvalue weighted by atomic mass is 10.3. The molecule has 116 valence electrons. The van der Waals surface area contributed by atoms with Crippen molar-refractivity contribution in [3.63, 3.8) is 0 Å².